The molecule has 72 valence electrons. The highest BCUT2D eigenvalue weighted by atomic mass is 35.5. The summed E-state index contributed by atoms with van der Waals surface area (Å²) in [6, 6.07) is 3.91. The number of pyridine rings is 1. The van der Waals surface area contributed by atoms with E-state index in [9.17, 15) is 0 Å². The lowest BCUT2D eigenvalue weighted by Crippen LogP contribution is -2.12. The van der Waals surface area contributed by atoms with Gasteiger partial charge in [0.1, 0.15) is 5.15 Å². The van der Waals surface area contributed by atoms with Crippen LogP contribution in [-0.4, -0.2) is 4.98 Å². The van der Waals surface area contributed by atoms with Crippen molar-refractivity contribution in [3.63, 3.8) is 0 Å². The Morgan fingerprint density at radius 1 is 1.46 bits per heavy atom. The molecular weight excluding hydrogens is 207 g/mol. The van der Waals surface area contributed by atoms with E-state index in [1.54, 1.807) is 12.3 Å². The molecule has 0 amide bonds. The predicted octanol–water partition coefficient (Wildman–Crippen LogP) is 2.57. The zero-order valence-electron chi connectivity index (χ0n) is 7.11. The van der Waals surface area contributed by atoms with Crippen molar-refractivity contribution in [1.29, 1.82) is 0 Å². The molecule has 2 rings (SSSR count). The Labute approximate surface area is 88.9 Å². The molecule has 1 aliphatic rings. The third kappa shape index (κ3) is 2.56. The van der Waals surface area contributed by atoms with Crippen molar-refractivity contribution >= 4 is 24.0 Å². The summed E-state index contributed by atoms with van der Waals surface area (Å²) in [5.41, 5.74) is 7.07. The van der Waals surface area contributed by atoms with Crippen molar-refractivity contribution in [2.24, 2.45) is 11.7 Å². The third-order valence-corrected chi connectivity index (χ3v) is 2.49. The van der Waals surface area contributed by atoms with Gasteiger partial charge in [0.15, 0.2) is 0 Å². The molecular formula is C9H12Cl2N2. The lowest BCUT2D eigenvalue weighted by atomic mass is 10.1. The van der Waals surface area contributed by atoms with Crippen LogP contribution in [0.2, 0.25) is 5.15 Å². The smallest absolute Gasteiger partial charge is 0.129 e. The number of aromatic nitrogens is 1. The standard InChI is InChI=1S/C9H11ClN2.ClH/c10-8-4-3-7(5-12-8)9(11)6-1-2-6;/h3-6,9H,1-2,11H2;1H/t9-;/m1./s1. The monoisotopic (exact) mass is 218 g/mol. The Kier molecular flexibility index (Phi) is 3.54. The number of hydrogen-bond acceptors (Lipinski definition) is 2. The number of rotatable bonds is 2. The van der Waals surface area contributed by atoms with Gasteiger partial charge in [0.25, 0.3) is 0 Å². The summed E-state index contributed by atoms with van der Waals surface area (Å²) < 4.78 is 0. The first-order valence-corrected chi connectivity index (χ1v) is 4.52. The molecule has 1 aromatic rings. The normalized spacial score (nSPS) is 17.7. The summed E-state index contributed by atoms with van der Waals surface area (Å²) in [7, 11) is 0. The number of nitrogens with two attached hydrogens (primary N) is 1. The van der Waals surface area contributed by atoms with Crippen LogP contribution in [0.5, 0.6) is 0 Å². The topological polar surface area (TPSA) is 38.9 Å². The van der Waals surface area contributed by atoms with Crippen molar-refractivity contribution in [1.82, 2.24) is 4.98 Å². The summed E-state index contributed by atoms with van der Waals surface area (Å²) in [6.07, 6.45) is 4.28. The van der Waals surface area contributed by atoms with Crippen LogP contribution in [0.15, 0.2) is 18.3 Å². The largest absolute Gasteiger partial charge is 0.324 e. The van der Waals surface area contributed by atoms with Crippen molar-refractivity contribution in [2.45, 2.75) is 18.9 Å². The van der Waals surface area contributed by atoms with Crippen LogP contribution in [0.3, 0.4) is 0 Å². The second-order valence-corrected chi connectivity index (χ2v) is 3.66. The molecule has 1 atom stereocenters. The molecule has 13 heavy (non-hydrogen) atoms. The molecule has 2 nitrogen and oxygen atoms in total. The second-order valence-electron chi connectivity index (χ2n) is 3.28. The van der Waals surface area contributed by atoms with Gasteiger partial charge in [-0.1, -0.05) is 17.7 Å². The maximum absolute atomic E-state index is 5.97. The van der Waals surface area contributed by atoms with E-state index in [2.05, 4.69) is 4.98 Å². The van der Waals surface area contributed by atoms with Crippen LogP contribution in [-0.2, 0) is 0 Å². The van der Waals surface area contributed by atoms with Crippen molar-refractivity contribution < 1.29 is 0 Å². The summed E-state index contributed by atoms with van der Waals surface area (Å²) in [5, 5.41) is 0.529. The Balaban J connectivity index is 0.000000845. The van der Waals surface area contributed by atoms with Gasteiger partial charge in [0.2, 0.25) is 0 Å². The van der Waals surface area contributed by atoms with Gasteiger partial charge in [0, 0.05) is 12.2 Å². The molecule has 0 unspecified atom stereocenters. The summed E-state index contributed by atoms with van der Waals surface area (Å²) in [5.74, 6) is 0.674. The molecule has 4 heteroatoms. The molecule has 1 saturated carbocycles. The van der Waals surface area contributed by atoms with Gasteiger partial charge in [-0.25, -0.2) is 4.98 Å². The van der Waals surface area contributed by atoms with Gasteiger partial charge in [0.05, 0.1) is 0 Å². The molecule has 0 radical (unpaired) electrons. The van der Waals surface area contributed by atoms with Gasteiger partial charge in [-0.2, -0.15) is 0 Å². The zero-order chi connectivity index (χ0) is 8.55. The molecule has 0 aliphatic heterocycles. The minimum Gasteiger partial charge on any atom is -0.324 e. The summed E-state index contributed by atoms with van der Waals surface area (Å²) in [4.78, 5) is 4.00. The Bertz CT molecular complexity index is 269. The Morgan fingerprint density at radius 3 is 2.62 bits per heavy atom. The molecule has 0 saturated heterocycles. The molecule has 2 N–H and O–H groups in total. The number of halogens is 2. The van der Waals surface area contributed by atoms with E-state index in [0.717, 1.165) is 5.56 Å². The summed E-state index contributed by atoms with van der Waals surface area (Å²) >= 11 is 5.66. The first kappa shape index (κ1) is 10.8. The minimum atomic E-state index is 0. The quantitative estimate of drug-likeness (QED) is 0.776. The highest BCUT2D eigenvalue weighted by Crippen LogP contribution is 2.39. The average Bonchev–Trinajstić information content (AvgIpc) is 2.87. The fourth-order valence-electron chi connectivity index (χ4n) is 1.31. The molecule has 1 fully saturated rings. The van der Waals surface area contributed by atoms with Crippen molar-refractivity contribution in [2.75, 3.05) is 0 Å². The van der Waals surface area contributed by atoms with E-state index in [0.29, 0.717) is 11.1 Å². The highest BCUT2D eigenvalue weighted by molar-refractivity contribution is 6.29. The lowest BCUT2D eigenvalue weighted by molar-refractivity contribution is 0.631. The Morgan fingerprint density at radius 2 is 2.15 bits per heavy atom. The number of hydrogen-bond donors (Lipinski definition) is 1. The SMILES string of the molecule is Cl.N[C@@H](c1ccc(Cl)nc1)C1CC1. The Hall–Kier alpha value is -0.310. The van der Waals surface area contributed by atoms with E-state index >= 15 is 0 Å². The minimum absolute atomic E-state index is 0. The zero-order valence-corrected chi connectivity index (χ0v) is 8.68. The van der Waals surface area contributed by atoms with Crippen LogP contribution in [0.4, 0.5) is 0 Å². The van der Waals surface area contributed by atoms with Crippen LogP contribution in [0, 0.1) is 5.92 Å². The lowest BCUT2D eigenvalue weighted by Gasteiger charge is -2.08. The van der Waals surface area contributed by atoms with E-state index in [4.69, 9.17) is 17.3 Å². The molecule has 0 aromatic carbocycles. The van der Waals surface area contributed by atoms with Crippen LogP contribution in [0.25, 0.3) is 0 Å². The van der Waals surface area contributed by atoms with Crippen LogP contribution in [0.1, 0.15) is 24.4 Å². The maximum Gasteiger partial charge on any atom is 0.129 e. The van der Waals surface area contributed by atoms with E-state index in [1.807, 2.05) is 6.07 Å². The predicted molar refractivity (Wildman–Crippen MR) is 56.1 cm³/mol. The highest BCUT2D eigenvalue weighted by Gasteiger charge is 2.29. The van der Waals surface area contributed by atoms with E-state index in [1.165, 1.54) is 12.8 Å². The molecule has 0 bridgehead atoms. The van der Waals surface area contributed by atoms with Gasteiger partial charge < -0.3 is 5.73 Å². The van der Waals surface area contributed by atoms with Crippen molar-refractivity contribution in [3.8, 4) is 0 Å². The van der Waals surface area contributed by atoms with Crippen molar-refractivity contribution in [3.05, 3.63) is 29.0 Å². The fourth-order valence-corrected chi connectivity index (χ4v) is 1.42. The third-order valence-electron chi connectivity index (χ3n) is 2.27. The molecule has 1 aromatic heterocycles. The summed E-state index contributed by atoms with van der Waals surface area (Å²) in [6.45, 7) is 0. The second kappa shape index (κ2) is 4.27. The average molecular weight is 219 g/mol. The van der Waals surface area contributed by atoms with Gasteiger partial charge >= 0.3 is 0 Å². The van der Waals surface area contributed by atoms with Gasteiger partial charge in [-0.3, -0.25) is 0 Å². The fraction of sp³-hybridized carbons (Fsp3) is 0.444. The van der Waals surface area contributed by atoms with E-state index < -0.39 is 0 Å². The first-order valence-electron chi connectivity index (χ1n) is 4.14. The molecule has 0 spiro atoms. The van der Waals surface area contributed by atoms with E-state index in [-0.39, 0.29) is 18.4 Å². The number of nitrogens with zero attached hydrogens (tertiary/aromatic N) is 1. The maximum atomic E-state index is 5.97. The first-order chi connectivity index (χ1) is 5.77. The van der Waals surface area contributed by atoms with Gasteiger partial charge in [-0.05, 0) is 30.4 Å². The van der Waals surface area contributed by atoms with Crippen LogP contribution < -0.4 is 5.73 Å². The molecule has 1 heterocycles. The van der Waals surface area contributed by atoms with Crippen LogP contribution >= 0.6 is 24.0 Å². The van der Waals surface area contributed by atoms with Gasteiger partial charge in [-0.15, -0.1) is 12.4 Å². The molecule has 1 aliphatic carbocycles.